The number of anilines is 1. The van der Waals surface area contributed by atoms with E-state index in [2.05, 4.69) is 5.32 Å². The van der Waals surface area contributed by atoms with Crippen LogP contribution in [0.3, 0.4) is 0 Å². The molecule has 8 nitrogen and oxygen atoms in total. The molecule has 1 aromatic heterocycles. The Morgan fingerprint density at radius 3 is 2.45 bits per heavy atom. The van der Waals surface area contributed by atoms with Crippen LogP contribution in [0.2, 0.25) is 0 Å². The number of nitrogens with zero attached hydrogens (tertiary/aromatic N) is 3. The van der Waals surface area contributed by atoms with Crippen LogP contribution in [0, 0.1) is 15.9 Å². The van der Waals surface area contributed by atoms with E-state index in [-0.39, 0.29) is 22.1 Å². The van der Waals surface area contributed by atoms with Crippen molar-refractivity contribution in [3.63, 3.8) is 0 Å². The van der Waals surface area contributed by atoms with Crippen LogP contribution in [0.1, 0.15) is 5.69 Å². The summed E-state index contributed by atoms with van der Waals surface area (Å²) in [7, 11) is 0. The van der Waals surface area contributed by atoms with E-state index in [4.69, 9.17) is 12.2 Å². The number of aromatic nitrogens is 1. The molecule has 0 unspecified atom stereocenters. The molecule has 1 fully saturated rings. The van der Waals surface area contributed by atoms with E-state index < -0.39 is 22.6 Å². The van der Waals surface area contributed by atoms with Gasteiger partial charge in [-0.05, 0) is 60.8 Å². The van der Waals surface area contributed by atoms with Gasteiger partial charge in [-0.25, -0.2) is 4.39 Å². The predicted octanol–water partition coefficient (Wildman–Crippen LogP) is 3.36. The number of nitro groups is 1. The first-order valence-electron chi connectivity index (χ1n) is 8.94. The zero-order chi connectivity index (χ0) is 22.1. The molecule has 0 atom stereocenters. The smallest absolute Gasteiger partial charge is 0.270 e. The van der Waals surface area contributed by atoms with Crippen molar-refractivity contribution >= 4 is 46.6 Å². The number of rotatable bonds is 4. The van der Waals surface area contributed by atoms with Crippen molar-refractivity contribution in [1.29, 1.82) is 0 Å². The maximum Gasteiger partial charge on any atom is 0.270 e. The molecule has 4 rings (SSSR count). The van der Waals surface area contributed by atoms with Crippen molar-refractivity contribution in [3.8, 4) is 5.69 Å². The summed E-state index contributed by atoms with van der Waals surface area (Å²) in [6, 6.07) is 14.5. The van der Waals surface area contributed by atoms with Gasteiger partial charge in [0.15, 0.2) is 5.11 Å². The molecule has 154 valence electrons. The highest BCUT2D eigenvalue weighted by atomic mass is 32.1. The van der Waals surface area contributed by atoms with Gasteiger partial charge in [0.05, 0.1) is 10.6 Å². The molecule has 1 aliphatic rings. The van der Waals surface area contributed by atoms with Crippen LogP contribution in [-0.4, -0.2) is 26.4 Å². The fourth-order valence-electron chi connectivity index (χ4n) is 3.14. The van der Waals surface area contributed by atoms with E-state index in [0.29, 0.717) is 11.4 Å². The van der Waals surface area contributed by atoms with E-state index in [1.807, 2.05) is 0 Å². The van der Waals surface area contributed by atoms with Gasteiger partial charge in [-0.1, -0.05) is 6.07 Å². The summed E-state index contributed by atoms with van der Waals surface area (Å²) in [6.07, 6.45) is 3.07. The van der Waals surface area contributed by atoms with Crippen molar-refractivity contribution in [3.05, 3.63) is 94.1 Å². The van der Waals surface area contributed by atoms with Crippen molar-refractivity contribution in [1.82, 2.24) is 9.88 Å². The second kappa shape index (κ2) is 7.92. The van der Waals surface area contributed by atoms with Crippen LogP contribution in [0.25, 0.3) is 11.8 Å². The highest BCUT2D eigenvalue weighted by Crippen LogP contribution is 2.24. The Morgan fingerprint density at radius 2 is 1.77 bits per heavy atom. The molecule has 0 aliphatic carbocycles. The standard InChI is InChI=1S/C21H13FN4O4S/c22-13-3-1-4-17(11-13)25-20(28)18(19(27)23-21(25)31)12-16-5-2-10-24(16)14-6-8-15(9-7-14)26(29)30/h1-12H,(H,23,27,31). The molecule has 1 aliphatic heterocycles. The summed E-state index contributed by atoms with van der Waals surface area (Å²) in [5, 5.41) is 13.2. The van der Waals surface area contributed by atoms with Crippen LogP contribution in [0.5, 0.6) is 0 Å². The molecule has 1 saturated heterocycles. The molecule has 3 aromatic rings. The van der Waals surface area contributed by atoms with Gasteiger partial charge in [0.2, 0.25) is 0 Å². The van der Waals surface area contributed by atoms with Crippen molar-refractivity contribution in [2.75, 3.05) is 4.90 Å². The van der Waals surface area contributed by atoms with E-state index in [9.17, 15) is 24.1 Å². The number of nitro benzene ring substituents is 1. The average molecular weight is 436 g/mol. The Kier molecular flexibility index (Phi) is 5.14. The number of non-ortho nitro benzene ring substituents is 1. The van der Waals surface area contributed by atoms with Gasteiger partial charge in [0.25, 0.3) is 17.5 Å². The second-order valence-electron chi connectivity index (χ2n) is 6.51. The Bertz CT molecular complexity index is 1270. The molecule has 0 saturated carbocycles. The van der Waals surface area contributed by atoms with E-state index in [1.54, 1.807) is 35.0 Å². The molecule has 31 heavy (non-hydrogen) atoms. The molecule has 2 amide bonds. The summed E-state index contributed by atoms with van der Waals surface area (Å²) >= 11 is 5.11. The van der Waals surface area contributed by atoms with Gasteiger partial charge in [0.1, 0.15) is 11.4 Å². The fraction of sp³-hybridized carbons (Fsp3) is 0. The number of thiocarbonyl (C=S) groups is 1. The Labute approximate surface area is 180 Å². The van der Waals surface area contributed by atoms with Crippen LogP contribution in [0.15, 0.2) is 72.4 Å². The van der Waals surface area contributed by atoms with Gasteiger partial charge in [0, 0.05) is 29.7 Å². The maximum atomic E-state index is 13.6. The SMILES string of the molecule is O=C1NC(=S)N(c2cccc(F)c2)C(=O)C1=Cc1cccn1-c1ccc([N+](=O)[O-])cc1. The third kappa shape index (κ3) is 3.83. The number of nitrogens with one attached hydrogen (secondary N) is 1. The summed E-state index contributed by atoms with van der Waals surface area (Å²) in [4.78, 5) is 36.9. The van der Waals surface area contributed by atoms with Crippen LogP contribution in [-0.2, 0) is 9.59 Å². The lowest BCUT2D eigenvalue weighted by atomic mass is 10.1. The Balaban J connectivity index is 1.72. The lowest BCUT2D eigenvalue weighted by Gasteiger charge is -2.29. The number of hydrogen-bond acceptors (Lipinski definition) is 5. The lowest BCUT2D eigenvalue weighted by molar-refractivity contribution is -0.384. The largest absolute Gasteiger partial charge is 0.317 e. The molecule has 10 heteroatoms. The third-order valence-electron chi connectivity index (χ3n) is 4.58. The van der Waals surface area contributed by atoms with Gasteiger partial charge in [-0.15, -0.1) is 0 Å². The number of hydrogen-bond donors (Lipinski definition) is 1. The maximum absolute atomic E-state index is 13.6. The molecule has 2 heterocycles. The first kappa shape index (κ1) is 20.1. The summed E-state index contributed by atoms with van der Waals surface area (Å²) in [6.45, 7) is 0. The Morgan fingerprint density at radius 1 is 1.03 bits per heavy atom. The average Bonchev–Trinajstić information content (AvgIpc) is 3.19. The number of carbonyl (C=O) groups is 2. The highest BCUT2D eigenvalue weighted by molar-refractivity contribution is 7.80. The molecule has 0 bridgehead atoms. The predicted molar refractivity (Wildman–Crippen MR) is 115 cm³/mol. The minimum atomic E-state index is -0.698. The van der Waals surface area contributed by atoms with Crippen molar-refractivity contribution in [2.24, 2.45) is 0 Å². The monoisotopic (exact) mass is 436 g/mol. The Hall–Kier alpha value is -4.18. The number of amides is 2. The van der Waals surface area contributed by atoms with E-state index >= 15 is 0 Å². The zero-order valence-corrected chi connectivity index (χ0v) is 16.5. The molecule has 2 aromatic carbocycles. The first-order valence-corrected chi connectivity index (χ1v) is 9.35. The lowest BCUT2D eigenvalue weighted by Crippen LogP contribution is -2.54. The first-order chi connectivity index (χ1) is 14.8. The summed E-state index contributed by atoms with van der Waals surface area (Å²) in [5.74, 6) is -1.93. The summed E-state index contributed by atoms with van der Waals surface area (Å²) < 4.78 is 15.3. The molecule has 0 radical (unpaired) electrons. The molecule has 0 spiro atoms. The minimum Gasteiger partial charge on any atom is -0.317 e. The number of carbonyl (C=O) groups excluding carboxylic acids is 2. The zero-order valence-electron chi connectivity index (χ0n) is 15.7. The van der Waals surface area contributed by atoms with E-state index in [0.717, 1.165) is 11.0 Å². The molecule has 1 N–H and O–H groups in total. The number of benzene rings is 2. The van der Waals surface area contributed by atoms with Gasteiger partial charge in [-0.2, -0.15) is 0 Å². The van der Waals surface area contributed by atoms with Crippen molar-refractivity contribution in [2.45, 2.75) is 0 Å². The minimum absolute atomic E-state index is 0.0584. The third-order valence-corrected chi connectivity index (χ3v) is 4.86. The second-order valence-corrected chi connectivity index (χ2v) is 6.90. The van der Waals surface area contributed by atoms with Crippen molar-refractivity contribution < 1.29 is 18.9 Å². The van der Waals surface area contributed by atoms with Crippen LogP contribution >= 0.6 is 12.2 Å². The number of halogens is 1. The fourth-order valence-corrected chi connectivity index (χ4v) is 3.42. The topological polar surface area (TPSA) is 97.5 Å². The van der Waals surface area contributed by atoms with Gasteiger partial charge in [-0.3, -0.25) is 29.9 Å². The molecular weight excluding hydrogens is 423 g/mol. The van der Waals surface area contributed by atoms with Crippen LogP contribution < -0.4 is 10.2 Å². The quantitative estimate of drug-likeness (QED) is 0.222. The van der Waals surface area contributed by atoms with E-state index in [1.165, 1.54) is 36.4 Å². The van der Waals surface area contributed by atoms with Gasteiger partial charge >= 0.3 is 0 Å². The summed E-state index contributed by atoms with van der Waals surface area (Å²) in [5.41, 5.74) is 1.02. The normalized spacial score (nSPS) is 15.3. The molecular formula is C21H13FN4O4S. The van der Waals surface area contributed by atoms with Crippen LogP contribution in [0.4, 0.5) is 15.8 Å². The van der Waals surface area contributed by atoms with Gasteiger partial charge < -0.3 is 4.57 Å². The highest BCUT2D eigenvalue weighted by Gasteiger charge is 2.34.